The van der Waals surface area contributed by atoms with Crippen LogP contribution in [-0.2, 0) is 20.0 Å². The summed E-state index contributed by atoms with van der Waals surface area (Å²) in [7, 11) is -7.48. The molecule has 1 aliphatic rings. The van der Waals surface area contributed by atoms with E-state index in [2.05, 4.69) is 0 Å². The van der Waals surface area contributed by atoms with Crippen molar-refractivity contribution >= 4 is 20.0 Å². The number of rotatable bonds is 8. The highest BCUT2D eigenvalue weighted by Crippen LogP contribution is 2.27. The van der Waals surface area contributed by atoms with E-state index in [1.165, 1.54) is 32.9 Å². The molecule has 10 heteroatoms. The van der Waals surface area contributed by atoms with Crippen LogP contribution in [0.25, 0.3) is 0 Å². The molecule has 0 spiro atoms. The molecule has 0 saturated carbocycles. The van der Waals surface area contributed by atoms with Gasteiger partial charge in [0.1, 0.15) is 11.5 Å². The Kier molecular flexibility index (Phi) is 7.25. The van der Waals surface area contributed by atoms with Gasteiger partial charge in [-0.1, -0.05) is 0 Å². The van der Waals surface area contributed by atoms with Crippen molar-refractivity contribution in [3.8, 4) is 11.5 Å². The fourth-order valence-corrected chi connectivity index (χ4v) is 6.64. The zero-order chi connectivity index (χ0) is 22.6. The third-order valence-electron chi connectivity index (χ3n) is 5.04. The van der Waals surface area contributed by atoms with Crippen molar-refractivity contribution in [1.82, 2.24) is 8.61 Å². The van der Waals surface area contributed by atoms with Gasteiger partial charge < -0.3 is 9.47 Å². The number of hydrogen-bond acceptors (Lipinski definition) is 6. The van der Waals surface area contributed by atoms with E-state index in [0.29, 0.717) is 24.7 Å². The Labute approximate surface area is 184 Å². The van der Waals surface area contributed by atoms with Crippen molar-refractivity contribution < 1.29 is 26.3 Å². The lowest BCUT2D eigenvalue weighted by Gasteiger charge is -2.38. The van der Waals surface area contributed by atoms with Crippen molar-refractivity contribution in [2.45, 2.75) is 36.6 Å². The molecular formula is C21H28N2O6S2. The number of nitrogens with zero attached hydrogens (tertiary/aromatic N) is 2. The molecule has 170 valence electrons. The van der Waals surface area contributed by atoms with Crippen molar-refractivity contribution in [2.75, 3.05) is 32.8 Å². The Morgan fingerprint density at radius 3 is 1.65 bits per heavy atom. The number of ether oxygens (including phenoxy) is 2. The van der Waals surface area contributed by atoms with E-state index >= 15 is 0 Å². The minimum absolute atomic E-state index is 0.0752. The molecule has 1 saturated heterocycles. The quantitative estimate of drug-likeness (QED) is 0.591. The fourth-order valence-electron chi connectivity index (χ4n) is 3.52. The molecule has 0 bridgehead atoms. The van der Waals surface area contributed by atoms with Gasteiger partial charge in [0.05, 0.1) is 23.0 Å². The number of benzene rings is 2. The summed E-state index contributed by atoms with van der Waals surface area (Å²) in [4.78, 5) is 0.316. The Morgan fingerprint density at radius 2 is 1.23 bits per heavy atom. The van der Waals surface area contributed by atoms with Crippen LogP contribution in [0.5, 0.6) is 11.5 Å². The maximum atomic E-state index is 13.1. The van der Waals surface area contributed by atoms with Gasteiger partial charge in [-0.2, -0.15) is 8.61 Å². The van der Waals surface area contributed by atoms with Crippen LogP contribution in [0.2, 0.25) is 0 Å². The summed E-state index contributed by atoms with van der Waals surface area (Å²) in [5.74, 6) is 1.20. The molecule has 1 heterocycles. The zero-order valence-electron chi connectivity index (χ0n) is 17.9. The normalized spacial score (nSPS) is 18.6. The van der Waals surface area contributed by atoms with Gasteiger partial charge in [0, 0.05) is 25.7 Å². The predicted molar refractivity (Wildman–Crippen MR) is 117 cm³/mol. The number of piperazine rings is 1. The van der Waals surface area contributed by atoms with Gasteiger partial charge in [0.2, 0.25) is 20.0 Å². The van der Waals surface area contributed by atoms with Gasteiger partial charge in [0.15, 0.2) is 0 Å². The lowest BCUT2D eigenvalue weighted by atomic mass is 10.3. The third kappa shape index (κ3) is 5.03. The second-order valence-corrected chi connectivity index (χ2v) is 11.0. The van der Waals surface area contributed by atoms with Crippen LogP contribution in [0, 0.1) is 0 Å². The third-order valence-corrected chi connectivity index (χ3v) is 8.95. The maximum Gasteiger partial charge on any atom is 0.243 e. The van der Waals surface area contributed by atoms with Crippen molar-refractivity contribution in [3.05, 3.63) is 48.5 Å². The lowest BCUT2D eigenvalue weighted by molar-refractivity contribution is 0.212. The summed E-state index contributed by atoms with van der Waals surface area (Å²) in [6.07, 6.45) is 0. The Bertz CT molecular complexity index is 1080. The molecule has 1 atom stereocenters. The van der Waals surface area contributed by atoms with Crippen LogP contribution in [0.4, 0.5) is 0 Å². The summed E-state index contributed by atoms with van der Waals surface area (Å²) in [6.45, 7) is 6.64. The number of hydrogen-bond donors (Lipinski definition) is 0. The molecule has 0 aliphatic carbocycles. The summed E-state index contributed by atoms with van der Waals surface area (Å²) < 4.78 is 65.7. The molecule has 31 heavy (non-hydrogen) atoms. The average Bonchev–Trinajstić information content (AvgIpc) is 2.75. The molecule has 0 N–H and O–H groups in total. The highest BCUT2D eigenvalue weighted by Gasteiger charge is 2.38. The van der Waals surface area contributed by atoms with Crippen LogP contribution in [0.3, 0.4) is 0 Å². The van der Waals surface area contributed by atoms with E-state index in [0.717, 1.165) is 0 Å². The molecule has 8 nitrogen and oxygen atoms in total. The van der Waals surface area contributed by atoms with E-state index in [1.807, 2.05) is 13.8 Å². The first-order valence-corrected chi connectivity index (χ1v) is 13.1. The molecular weight excluding hydrogens is 440 g/mol. The molecule has 1 aliphatic heterocycles. The van der Waals surface area contributed by atoms with Gasteiger partial charge in [0.25, 0.3) is 0 Å². The minimum atomic E-state index is -3.75. The molecule has 2 aromatic rings. The van der Waals surface area contributed by atoms with Crippen LogP contribution in [0.1, 0.15) is 20.8 Å². The van der Waals surface area contributed by atoms with Crippen molar-refractivity contribution in [3.63, 3.8) is 0 Å². The summed E-state index contributed by atoms with van der Waals surface area (Å²) in [5, 5.41) is 0. The molecule has 2 aromatic carbocycles. The Balaban J connectivity index is 1.74. The van der Waals surface area contributed by atoms with Crippen molar-refractivity contribution in [1.29, 1.82) is 0 Å². The second kappa shape index (κ2) is 9.56. The van der Waals surface area contributed by atoms with Gasteiger partial charge in [-0.3, -0.25) is 0 Å². The monoisotopic (exact) mass is 468 g/mol. The number of sulfonamides is 2. The van der Waals surface area contributed by atoms with Crippen molar-refractivity contribution in [2.24, 2.45) is 0 Å². The Morgan fingerprint density at radius 1 is 0.774 bits per heavy atom. The molecule has 0 radical (unpaired) electrons. The van der Waals surface area contributed by atoms with E-state index in [9.17, 15) is 16.8 Å². The summed E-state index contributed by atoms with van der Waals surface area (Å²) >= 11 is 0. The first-order valence-electron chi connectivity index (χ1n) is 10.2. The molecule has 3 rings (SSSR count). The summed E-state index contributed by atoms with van der Waals surface area (Å²) in [5.41, 5.74) is 0. The van der Waals surface area contributed by atoms with Gasteiger partial charge in [-0.05, 0) is 69.3 Å². The predicted octanol–water partition coefficient (Wildman–Crippen LogP) is 2.57. The maximum absolute atomic E-state index is 13.1. The highest BCUT2D eigenvalue weighted by molar-refractivity contribution is 7.89. The van der Waals surface area contributed by atoms with Gasteiger partial charge in [-0.25, -0.2) is 16.8 Å². The van der Waals surface area contributed by atoms with E-state index in [1.54, 1.807) is 31.2 Å². The first kappa shape index (κ1) is 23.5. The second-order valence-electron chi connectivity index (χ2n) is 7.14. The topological polar surface area (TPSA) is 93.2 Å². The minimum Gasteiger partial charge on any atom is -0.494 e. The smallest absolute Gasteiger partial charge is 0.243 e. The van der Waals surface area contributed by atoms with Crippen LogP contribution >= 0.6 is 0 Å². The SMILES string of the molecule is CCOc1ccc(S(=O)(=O)N2CCN(S(=O)(=O)c3ccc(OCC)cc3)[C@@H](C)C2)cc1. The lowest BCUT2D eigenvalue weighted by Crippen LogP contribution is -2.55. The van der Waals surface area contributed by atoms with E-state index in [-0.39, 0.29) is 29.4 Å². The standard InChI is InChI=1S/C21H28N2O6S2/c1-4-28-18-6-10-20(11-7-18)30(24,25)22-14-15-23(17(3)16-22)31(26,27)21-12-8-19(9-13-21)29-5-2/h6-13,17H,4-5,14-16H2,1-3H3/t17-/m0/s1. The molecule has 0 unspecified atom stereocenters. The largest absolute Gasteiger partial charge is 0.494 e. The van der Waals surface area contributed by atoms with E-state index in [4.69, 9.17) is 9.47 Å². The highest BCUT2D eigenvalue weighted by atomic mass is 32.2. The first-order chi connectivity index (χ1) is 14.7. The molecule has 0 aromatic heterocycles. The average molecular weight is 469 g/mol. The van der Waals surface area contributed by atoms with Gasteiger partial charge in [-0.15, -0.1) is 0 Å². The zero-order valence-corrected chi connectivity index (χ0v) is 19.5. The van der Waals surface area contributed by atoms with Gasteiger partial charge >= 0.3 is 0 Å². The van der Waals surface area contributed by atoms with Crippen LogP contribution in [0.15, 0.2) is 58.3 Å². The van der Waals surface area contributed by atoms with Crippen LogP contribution in [-0.4, -0.2) is 64.3 Å². The molecule has 1 fully saturated rings. The van der Waals surface area contributed by atoms with E-state index < -0.39 is 26.1 Å². The Hall–Kier alpha value is -2.14. The van der Waals surface area contributed by atoms with Crippen LogP contribution < -0.4 is 9.47 Å². The summed E-state index contributed by atoms with van der Waals surface area (Å²) in [6, 6.07) is 12.0. The molecule has 0 amide bonds. The fraction of sp³-hybridized carbons (Fsp3) is 0.429.